The van der Waals surface area contributed by atoms with Crippen molar-refractivity contribution in [1.82, 2.24) is 10.2 Å². The fourth-order valence-electron chi connectivity index (χ4n) is 1.65. The Morgan fingerprint density at radius 3 is 2.75 bits per heavy atom. The number of H-pyrrole nitrogens is 1. The van der Waals surface area contributed by atoms with Gasteiger partial charge in [-0.3, -0.25) is 20.0 Å². The topological polar surface area (TPSA) is 110 Å². The van der Waals surface area contributed by atoms with E-state index in [1.807, 2.05) is 0 Å². The maximum atomic E-state index is 12.1. The maximum Gasteiger partial charge on any atom is 0.273 e. The second-order valence-corrected chi connectivity index (χ2v) is 4.03. The Hall–Kier alpha value is -2.90. The molecule has 104 valence electrons. The van der Waals surface area contributed by atoms with Crippen molar-refractivity contribution >= 4 is 17.4 Å². The number of benzene rings is 1. The van der Waals surface area contributed by atoms with Crippen LogP contribution in [0.15, 0.2) is 24.3 Å². The molecule has 8 heteroatoms. The zero-order chi connectivity index (χ0) is 14.7. The van der Waals surface area contributed by atoms with Gasteiger partial charge >= 0.3 is 0 Å². The predicted octanol–water partition coefficient (Wildman–Crippen LogP) is 1.89. The van der Waals surface area contributed by atoms with Crippen molar-refractivity contribution < 1.29 is 14.5 Å². The average Bonchev–Trinajstić information content (AvgIpc) is 2.83. The molecule has 0 bridgehead atoms. The number of ether oxygens (including phenoxy) is 1. The lowest BCUT2D eigenvalue weighted by molar-refractivity contribution is -0.384. The van der Waals surface area contributed by atoms with E-state index in [0.29, 0.717) is 5.82 Å². The minimum Gasteiger partial charge on any atom is -0.496 e. The van der Waals surface area contributed by atoms with Gasteiger partial charge in [0.25, 0.3) is 11.6 Å². The van der Waals surface area contributed by atoms with E-state index in [0.717, 1.165) is 5.69 Å². The van der Waals surface area contributed by atoms with Crippen molar-refractivity contribution in [1.29, 1.82) is 0 Å². The van der Waals surface area contributed by atoms with E-state index in [4.69, 9.17) is 4.74 Å². The number of non-ortho nitro benzene ring substituents is 1. The van der Waals surface area contributed by atoms with Crippen molar-refractivity contribution in [3.8, 4) is 5.75 Å². The molecule has 1 heterocycles. The van der Waals surface area contributed by atoms with Crippen molar-refractivity contribution in [3.63, 3.8) is 0 Å². The highest BCUT2D eigenvalue weighted by atomic mass is 16.6. The molecule has 0 radical (unpaired) electrons. The number of amides is 1. The van der Waals surface area contributed by atoms with Gasteiger partial charge in [-0.1, -0.05) is 0 Å². The molecule has 1 aromatic carbocycles. The number of hydrogen-bond acceptors (Lipinski definition) is 5. The number of nitro benzene ring substituents is 1. The van der Waals surface area contributed by atoms with E-state index in [9.17, 15) is 14.9 Å². The second-order valence-electron chi connectivity index (χ2n) is 4.03. The van der Waals surface area contributed by atoms with Crippen LogP contribution in [0.3, 0.4) is 0 Å². The molecule has 1 aromatic heterocycles. The molecule has 1 amide bonds. The highest BCUT2D eigenvalue weighted by Gasteiger charge is 2.17. The minimum atomic E-state index is -0.554. The van der Waals surface area contributed by atoms with Crippen LogP contribution < -0.4 is 10.1 Å². The Morgan fingerprint density at radius 2 is 2.20 bits per heavy atom. The highest BCUT2D eigenvalue weighted by Crippen LogP contribution is 2.25. The van der Waals surface area contributed by atoms with Gasteiger partial charge in [0.2, 0.25) is 0 Å². The molecule has 0 aliphatic heterocycles. The molecule has 0 spiro atoms. The molecule has 0 saturated carbocycles. The number of aryl methyl sites for hydroxylation is 1. The zero-order valence-corrected chi connectivity index (χ0v) is 10.8. The van der Waals surface area contributed by atoms with E-state index in [-0.39, 0.29) is 17.0 Å². The van der Waals surface area contributed by atoms with Crippen LogP contribution in [0.5, 0.6) is 5.75 Å². The van der Waals surface area contributed by atoms with Gasteiger partial charge in [0, 0.05) is 17.8 Å². The van der Waals surface area contributed by atoms with Crippen LogP contribution in [0.2, 0.25) is 0 Å². The molecule has 0 saturated heterocycles. The summed E-state index contributed by atoms with van der Waals surface area (Å²) in [4.78, 5) is 22.2. The van der Waals surface area contributed by atoms with Gasteiger partial charge in [-0.2, -0.15) is 5.10 Å². The summed E-state index contributed by atoms with van der Waals surface area (Å²) < 4.78 is 5.01. The standard InChI is InChI=1S/C12H12N4O4/c1-7-5-11(15-14-7)13-12(17)9-4-3-8(16(18)19)6-10(9)20-2/h3-6H,1-2H3,(H2,13,14,15,17). The van der Waals surface area contributed by atoms with Crippen LogP contribution in [0.1, 0.15) is 16.1 Å². The Bertz CT molecular complexity index is 665. The SMILES string of the molecule is COc1cc([N+](=O)[O-])ccc1C(=O)Nc1cc(C)[nH]n1. The molecule has 0 aliphatic carbocycles. The molecule has 2 rings (SSSR count). The number of nitrogens with one attached hydrogen (secondary N) is 2. The summed E-state index contributed by atoms with van der Waals surface area (Å²) in [5.41, 5.74) is 0.851. The van der Waals surface area contributed by atoms with Crippen LogP contribution in [0.25, 0.3) is 0 Å². The average molecular weight is 276 g/mol. The van der Waals surface area contributed by atoms with Gasteiger partial charge in [-0.15, -0.1) is 0 Å². The normalized spacial score (nSPS) is 10.1. The maximum absolute atomic E-state index is 12.1. The van der Waals surface area contributed by atoms with E-state index in [2.05, 4.69) is 15.5 Å². The van der Waals surface area contributed by atoms with Crippen molar-refractivity contribution in [2.75, 3.05) is 12.4 Å². The Balaban J connectivity index is 2.27. The third-order valence-corrected chi connectivity index (χ3v) is 2.59. The third-order valence-electron chi connectivity index (χ3n) is 2.59. The third kappa shape index (κ3) is 2.74. The molecule has 2 aromatic rings. The number of aromatic amines is 1. The quantitative estimate of drug-likeness (QED) is 0.654. The molecule has 8 nitrogen and oxygen atoms in total. The summed E-state index contributed by atoms with van der Waals surface area (Å²) in [5.74, 6) is 0.0418. The first kappa shape index (κ1) is 13.5. The number of hydrogen-bond donors (Lipinski definition) is 2. The zero-order valence-electron chi connectivity index (χ0n) is 10.8. The summed E-state index contributed by atoms with van der Waals surface area (Å²) in [6.45, 7) is 1.80. The van der Waals surface area contributed by atoms with Crippen LogP contribution in [0, 0.1) is 17.0 Å². The first-order valence-corrected chi connectivity index (χ1v) is 5.67. The van der Waals surface area contributed by atoms with Crippen molar-refractivity contribution in [2.45, 2.75) is 6.92 Å². The van der Waals surface area contributed by atoms with Crippen LogP contribution in [-0.4, -0.2) is 28.1 Å². The van der Waals surface area contributed by atoms with Crippen LogP contribution in [0.4, 0.5) is 11.5 Å². The van der Waals surface area contributed by atoms with E-state index < -0.39 is 10.8 Å². The number of anilines is 1. The smallest absolute Gasteiger partial charge is 0.273 e. The lowest BCUT2D eigenvalue weighted by Crippen LogP contribution is -2.13. The Morgan fingerprint density at radius 1 is 1.45 bits per heavy atom. The number of rotatable bonds is 4. The van der Waals surface area contributed by atoms with Crippen molar-refractivity contribution in [2.24, 2.45) is 0 Å². The van der Waals surface area contributed by atoms with E-state index in [1.165, 1.54) is 25.3 Å². The fourth-order valence-corrected chi connectivity index (χ4v) is 1.65. The van der Waals surface area contributed by atoms with Gasteiger partial charge in [-0.05, 0) is 13.0 Å². The van der Waals surface area contributed by atoms with Crippen molar-refractivity contribution in [3.05, 3.63) is 45.6 Å². The predicted molar refractivity (Wildman–Crippen MR) is 70.9 cm³/mol. The molecule has 0 fully saturated rings. The van der Waals surface area contributed by atoms with Gasteiger partial charge in [-0.25, -0.2) is 0 Å². The summed E-state index contributed by atoms with van der Waals surface area (Å²) in [6, 6.07) is 5.44. The van der Waals surface area contributed by atoms with E-state index in [1.54, 1.807) is 13.0 Å². The molecule has 20 heavy (non-hydrogen) atoms. The largest absolute Gasteiger partial charge is 0.496 e. The van der Waals surface area contributed by atoms with Crippen LogP contribution >= 0.6 is 0 Å². The molecular formula is C12H12N4O4. The second kappa shape index (κ2) is 5.39. The summed E-state index contributed by atoms with van der Waals surface area (Å²) in [7, 11) is 1.34. The Labute approximate surface area is 113 Å². The number of methoxy groups -OCH3 is 1. The molecule has 2 N–H and O–H groups in total. The number of carbonyl (C=O) groups excluding carboxylic acids is 1. The number of carbonyl (C=O) groups is 1. The molecule has 0 atom stereocenters. The van der Waals surface area contributed by atoms with E-state index >= 15 is 0 Å². The number of nitrogens with zero attached hydrogens (tertiary/aromatic N) is 2. The lowest BCUT2D eigenvalue weighted by atomic mass is 10.1. The number of aromatic nitrogens is 2. The number of nitro groups is 1. The first-order valence-electron chi connectivity index (χ1n) is 5.67. The molecular weight excluding hydrogens is 264 g/mol. The summed E-state index contributed by atoms with van der Waals surface area (Å²) in [6.07, 6.45) is 0. The monoisotopic (exact) mass is 276 g/mol. The Kier molecular flexibility index (Phi) is 3.65. The highest BCUT2D eigenvalue weighted by molar-refractivity contribution is 6.05. The summed E-state index contributed by atoms with van der Waals surface area (Å²) >= 11 is 0. The van der Waals surface area contributed by atoms with Gasteiger partial charge in [0.1, 0.15) is 5.75 Å². The first-order chi connectivity index (χ1) is 9.51. The minimum absolute atomic E-state index is 0.129. The van der Waals surface area contributed by atoms with Crippen LogP contribution in [-0.2, 0) is 0 Å². The summed E-state index contributed by atoms with van der Waals surface area (Å²) in [5, 5.41) is 19.8. The van der Waals surface area contributed by atoms with Gasteiger partial charge in [0.05, 0.1) is 23.7 Å². The fraction of sp³-hybridized carbons (Fsp3) is 0.167. The molecule has 0 unspecified atom stereocenters. The van der Waals surface area contributed by atoms with Gasteiger partial charge in [0.15, 0.2) is 5.82 Å². The van der Waals surface area contributed by atoms with Gasteiger partial charge < -0.3 is 10.1 Å². The lowest BCUT2D eigenvalue weighted by Gasteiger charge is -2.07. The molecule has 0 aliphatic rings.